The Bertz CT molecular complexity index is 709. The number of imidazole rings is 1. The number of nitrogens with one attached hydrogen (secondary N) is 1. The largest absolute Gasteiger partial charge is 0.454 e. The lowest BCUT2D eigenvalue weighted by Gasteiger charge is -2.11. The number of nitrogens with zero attached hydrogens (tertiary/aromatic N) is 2. The van der Waals surface area contributed by atoms with Crippen LogP contribution in [0.2, 0.25) is 0 Å². The zero-order valence-corrected chi connectivity index (χ0v) is 11.5. The standard InChI is InChI=1S/C13H12F3N3O3/c1-17-10(20)7-22-11(21)6-19-9-5-3-2-4-8(9)18-12(19)13(14,15)16/h2-5H,6-7H2,1H3,(H,17,20). The Hall–Kier alpha value is -2.58. The van der Waals surface area contributed by atoms with Gasteiger partial charge in [0.1, 0.15) is 6.54 Å². The van der Waals surface area contributed by atoms with Crippen molar-refractivity contribution in [3.05, 3.63) is 30.1 Å². The molecule has 0 fully saturated rings. The van der Waals surface area contributed by atoms with Crippen molar-refractivity contribution in [3.63, 3.8) is 0 Å². The van der Waals surface area contributed by atoms with Gasteiger partial charge in [0, 0.05) is 7.05 Å². The minimum absolute atomic E-state index is 0.119. The number of fused-ring (bicyclic) bond motifs is 1. The quantitative estimate of drug-likeness (QED) is 0.864. The summed E-state index contributed by atoms with van der Waals surface area (Å²) in [5, 5.41) is 2.23. The lowest BCUT2D eigenvalue weighted by Crippen LogP contribution is -2.27. The maximum Gasteiger partial charge on any atom is 0.449 e. The van der Waals surface area contributed by atoms with Crippen LogP contribution in [-0.4, -0.2) is 35.1 Å². The van der Waals surface area contributed by atoms with Crippen LogP contribution in [0.4, 0.5) is 13.2 Å². The van der Waals surface area contributed by atoms with Gasteiger partial charge in [0.15, 0.2) is 6.61 Å². The third kappa shape index (κ3) is 3.35. The number of aromatic nitrogens is 2. The number of carbonyl (C=O) groups is 2. The minimum atomic E-state index is -4.71. The summed E-state index contributed by atoms with van der Waals surface area (Å²) in [4.78, 5) is 26.1. The molecule has 0 spiro atoms. The predicted molar refractivity (Wildman–Crippen MR) is 69.8 cm³/mol. The van der Waals surface area contributed by atoms with Gasteiger partial charge in [0.2, 0.25) is 5.82 Å². The molecule has 0 atom stereocenters. The summed E-state index contributed by atoms with van der Waals surface area (Å²) in [5.74, 6) is -2.71. The van der Waals surface area contributed by atoms with Crippen LogP contribution in [0.25, 0.3) is 11.0 Å². The Labute approximate surface area is 122 Å². The van der Waals surface area contributed by atoms with E-state index in [2.05, 4.69) is 15.0 Å². The molecule has 9 heteroatoms. The van der Waals surface area contributed by atoms with Gasteiger partial charge in [-0.1, -0.05) is 12.1 Å². The van der Waals surface area contributed by atoms with Crippen molar-refractivity contribution in [2.24, 2.45) is 0 Å². The van der Waals surface area contributed by atoms with Gasteiger partial charge in [-0.15, -0.1) is 0 Å². The molecule has 1 heterocycles. The van der Waals surface area contributed by atoms with Gasteiger partial charge in [-0.25, -0.2) is 4.98 Å². The lowest BCUT2D eigenvalue weighted by molar-refractivity contribution is -0.153. The first-order valence-corrected chi connectivity index (χ1v) is 6.21. The number of hydrogen-bond acceptors (Lipinski definition) is 4. The molecular weight excluding hydrogens is 303 g/mol. The van der Waals surface area contributed by atoms with Gasteiger partial charge in [0.05, 0.1) is 11.0 Å². The zero-order valence-electron chi connectivity index (χ0n) is 11.5. The Morgan fingerprint density at radius 1 is 1.32 bits per heavy atom. The van der Waals surface area contributed by atoms with Crippen molar-refractivity contribution in [1.82, 2.24) is 14.9 Å². The fourth-order valence-electron chi connectivity index (χ4n) is 1.84. The van der Waals surface area contributed by atoms with E-state index in [1.54, 1.807) is 6.07 Å². The highest BCUT2D eigenvalue weighted by Gasteiger charge is 2.38. The number of alkyl halides is 3. The van der Waals surface area contributed by atoms with Crippen LogP contribution in [0, 0.1) is 0 Å². The first-order valence-electron chi connectivity index (χ1n) is 6.21. The fourth-order valence-corrected chi connectivity index (χ4v) is 1.84. The van der Waals surface area contributed by atoms with E-state index in [-0.39, 0.29) is 11.0 Å². The van der Waals surface area contributed by atoms with Crippen molar-refractivity contribution in [1.29, 1.82) is 0 Å². The maximum absolute atomic E-state index is 13.0. The number of para-hydroxylation sites is 2. The molecule has 6 nitrogen and oxygen atoms in total. The summed E-state index contributed by atoms with van der Waals surface area (Å²) in [6, 6.07) is 5.92. The average molecular weight is 315 g/mol. The molecule has 0 radical (unpaired) electrons. The number of esters is 1. The number of likely N-dealkylation sites (N-methyl/N-ethyl adjacent to an activating group) is 1. The third-order valence-electron chi connectivity index (χ3n) is 2.84. The molecule has 0 unspecified atom stereocenters. The smallest absolute Gasteiger partial charge is 0.449 e. The van der Waals surface area contributed by atoms with Gasteiger partial charge in [-0.05, 0) is 12.1 Å². The van der Waals surface area contributed by atoms with E-state index in [0.717, 1.165) is 4.57 Å². The lowest BCUT2D eigenvalue weighted by atomic mass is 10.3. The van der Waals surface area contributed by atoms with Crippen molar-refractivity contribution < 1.29 is 27.5 Å². The number of hydrogen-bond donors (Lipinski definition) is 1. The number of ether oxygens (including phenoxy) is 1. The second kappa shape index (κ2) is 6.04. The number of rotatable bonds is 4. The van der Waals surface area contributed by atoms with Crippen LogP contribution in [0.3, 0.4) is 0 Å². The van der Waals surface area contributed by atoms with E-state index in [4.69, 9.17) is 0 Å². The van der Waals surface area contributed by atoms with Crippen molar-refractivity contribution in [2.75, 3.05) is 13.7 Å². The van der Waals surface area contributed by atoms with Gasteiger partial charge >= 0.3 is 12.1 Å². The first kappa shape index (κ1) is 15.8. The van der Waals surface area contributed by atoms with E-state index >= 15 is 0 Å². The molecule has 2 rings (SSSR count). The van der Waals surface area contributed by atoms with Gasteiger partial charge in [0.25, 0.3) is 5.91 Å². The SMILES string of the molecule is CNC(=O)COC(=O)Cn1c(C(F)(F)F)nc2ccccc21. The Morgan fingerprint density at radius 2 is 2.00 bits per heavy atom. The molecule has 0 aliphatic rings. The molecule has 0 aliphatic carbocycles. The second-order valence-electron chi connectivity index (χ2n) is 4.34. The highest BCUT2D eigenvalue weighted by molar-refractivity contribution is 5.82. The van der Waals surface area contributed by atoms with E-state index in [1.165, 1.54) is 25.2 Å². The number of benzene rings is 1. The summed E-state index contributed by atoms with van der Waals surface area (Å²) in [6.45, 7) is -1.24. The molecule has 2 aromatic rings. The molecule has 118 valence electrons. The molecule has 0 saturated heterocycles. The molecule has 1 aromatic heterocycles. The van der Waals surface area contributed by atoms with Crippen LogP contribution in [0.5, 0.6) is 0 Å². The first-order chi connectivity index (χ1) is 10.3. The Morgan fingerprint density at radius 3 is 2.64 bits per heavy atom. The molecule has 22 heavy (non-hydrogen) atoms. The molecule has 0 saturated carbocycles. The monoisotopic (exact) mass is 315 g/mol. The Kier molecular flexibility index (Phi) is 4.34. The molecule has 0 bridgehead atoms. The van der Waals surface area contributed by atoms with Crippen molar-refractivity contribution in [3.8, 4) is 0 Å². The van der Waals surface area contributed by atoms with Gasteiger partial charge in [-0.2, -0.15) is 13.2 Å². The van der Waals surface area contributed by atoms with E-state index in [0.29, 0.717) is 0 Å². The normalized spacial score (nSPS) is 11.5. The van der Waals surface area contributed by atoms with Crippen molar-refractivity contribution >= 4 is 22.9 Å². The van der Waals surface area contributed by atoms with Crippen LogP contribution in [-0.2, 0) is 27.0 Å². The van der Waals surface area contributed by atoms with Crippen LogP contribution in [0.1, 0.15) is 5.82 Å². The van der Waals surface area contributed by atoms with Gasteiger partial charge < -0.3 is 14.6 Å². The van der Waals surface area contributed by atoms with E-state index < -0.39 is 37.0 Å². The highest BCUT2D eigenvalue weighted by atomic mass is 19.4. The van der Waals surface area contributed by atoms with E-state index in [1.807, 2.05) is 0 Å². The van der Waals surface area contributed by atoms with E-state index in [9.17, 15) is 22.8 Å². The Balaban J connectivity index is 2.29. The number of carbonyl (C=O) groups excluding carboxylic acids is 2. The predicted octanol–water partition coefficient (Wildman–Crippen LogP) is 1.34. The molecule has 0 aliphatic heterocycles. The summed E-state index contributed by atoms with van der Waals surface area (Å²) in [6.07, 6.45) is -4.71. The molecular formula is C13H12F3N3O3. The van der Waals surface area contributed by atoms with Crippen LogP contribution in [0.15, 0.2) is 24.3 Å². The molecule has 1 N–H and O–H groups in total. The average Bonchev–Trinajstić information content (AvgIpc) is 2.84. The zero-order chi connectivity index (χ0) is 16.3. The fraction of sp³-hybridized carbons (Fsp3) is 0.308. The maximum atomic E-state index is 13.0. The second-order valence-corrected chi connectivity index (χ2v) is 4.34. The number of halogens is 3. The highest BCUT2D eigenvalue weighted by Crippen LogP contribution is 2.31. The topological polar surface area (TPSA) is 73.2 Å². The summed E-state index contributed by atoms with van der Waals surface area (Å²) in [7, 11) is 1.35. The summed E-state index contributed by atoms with van der Waals surface area (Å²) in [5.41, 5.74) is 0.278. The third-order valence-corrected chi connectivity index (χ3v) is 2.84. The molecule has 1 amide bonds. The van der Waals surface area contributed by atoms with Crippen LogP contribution >= 0.6 is 0 Å². The molecule has 1 aromatic carbocycles. The summed E-state index contributed by atoms with van der Waals surface area (Å²) < 4.78 is 44.4. The summed E-state index contributed by atoms with van der Waals surface area (Å²) >= 11 is 0. The minimum Gasteiger partial charge on any atom is -0.454 e. The van der Waals surface area contributed by atoms with Gasteiger partial charge in [-0.3, -0.25) is 9.59 Å². The van der Waals surface area contributed by atoms with Crippen LogP contribution < -0.4 is 5.32 Å². The number of amides is 1. The van der Waals surface area contributed by atoms with Crippen molar-refractivity contribution in [2.45, 2.75) is 12.7 Å².